The molecule has 20 heavy (non-hydrogen) atoms. The van der Waals surface area contributed by atoms with Gasteiger partial charge in [0.1, 0.15) is 0 Å². The smallest absolute Gasteiger partial charge is 0.236 e. The van der Waals surface area contributed by atoms with Gasteiger partial charge in [0.15, 0.2) is 0 Å². The van der Waals surface area contributed by atoms with Crippen LogP contribution in [0.15, 0.2) is 29.7 Å². The highest BCUT2D eigenvalue weighted by Gasteiger charge is 2.23. The lowest BCUT2D eigenvalue weighted by atomic mass is 10.2. The van der Waals surface area contributed by atoms with E-state index in [1.165, 1.54) is 9.71 Å². The number of benzene rings is 1. The minimum absolute atomic E-state index is 0.557. The summed E-state index contributed by atoms with van der Waals surface area (Å²) in [5.74, 6) is 0. The Bertz CT molecular complexity index is 561. The number of likely N-dealkylation sites (N-methyl/N-ethyl adjacent to an activating group) is 1. The highest BCUT2D eigenvalue weighted by molar-refractivity contribution is 7.92. The Kier molecular flexibility index (Phi) is 5.21. The first-order chi connectivity index (χ1) is 9.51. The number of sulfonamides is 1. The number of hydrogen-bond donors (Lipinski definition) is 0. The van der Waals surface area contributed by atoms with E-state index in [-0.39, 0.29) is 0 Å². The molecule has 0 N–H and O–H groups in total. The van der Waals surface area contributed by atoms with E-state index in [1.54, 1.807) is 30.3 Å². The molecule has 1 aliphatic rings. The fraction of sp³-hybridized carbons (Fsp3) is 0.429. The van der Waals surface area contributed by atoms with Crippen LogP contribution in [0.2, 0.25) is 5.02 Å². The van der Waals surface area contributed by atoms with Crippen LogP contribution >= 0.6 is 11.6 Å². The highest BCUT2D eigenvalue weighted by Crippen LogP contribution is 2.13. The monoisotopic (exact) mass is 314 g/mol. The molecule has 0 saturated carbocycles. The lowest BCUT2D eigenvalue weighted by molar-refractivity contribution is 0.197. The van der Waals surface area contributed by atoms with Crippen molar-refractivity contribution in [2.75, 3.05) is 32.7 Å². The van der Waals surface area contributed by atoms with Crippen LogP contribution in [0, 0.1) is 0 Å². The highest BCUT2D eigenvalue weighted by atomic mass is 35.5. The molecule has 6 heteroatoms. The normalized spacial score (nSPS) is 18.7. The predicted octanol–water partition coefficient (Wildman–Crippen LogP) is 2.28. The average Bonchev–Trinajstić information content (AvgIpc) is 2.47. The molecular weight excluding hydrogens is 296 g/mol. The van der Waals surface area contributed by atoms with E-state index < -0.39 is 10.0 Å². The van der Waals surface area contributed by atoms with Gasteiger partial charge in [0.2, 0.25) is 10.0 Å². The largest absolute Gasteiger partial charge is 0.301 e. The third-order valence-electron chi connectivity index (χ3n) is 3.44. The molecule has 1 aromatic carbocycles. The number of nitrogens with zero attached hydrogens (tertiary/aromatic N) is 2. The lowest BCUT2D eigenvalue weighted by Gasteiger charge is -2.32. The zero-order valence-electron chi connectivity index (χ0n) is 11.5. The van der Waals surface area contributed by atoms with Gasteiger partial charge < -0.3 is 4.90 Å². The molecule has 0 amide bonds. The van der Waals surface area contributed by atoms with E-state index >= 15 is 0 Å². The van der Waals surface area contributed by atoms with Crippen LogP contribution in [0.1, 0.15) is 12.5 Å². The second-order valence-corrected chi connectivity index (χ2v) is 6.99. The molecule has 0 atom stereocenters. The minimum Gasteiger partial charge on any atom is -0.301 e. The van der Waals surface area contributed by atoms with Gasteiger partial charge >= 0.3 is 0 Å². The van der Waals surface area contributed by atoms with Crippen molar-refractivity contribution in [3.05, 3.63) is 40.3 Å². The van der Waals surface area contributed by atoms with Crippen molar-refractivity contribution >= 4 is 27.7 Å². The van der Waals surface area contributed by atoms with Crippen LogP contribution in [0.3, 0.4) is 0 Å². The Labute approximate surface area is 125 Å². The van der Waals surface area contributed by atoms with E-state index in [2.05, 4.69) is 11.8 Å². The Morgan fingerprint density at radius 1 is 1.15 bits per heavy atom. The molecule has 0 unspecified atom stereocenters. The summed E-state index contributed by atoms with van der Waals surface area (Å²) in [6, 6.07) is 7.08. The number of halogens is 1. The molecule has 0 aliphatic carbocycles. The van der Waals surface area contributed by atoms with Crippen LogP contribution in [0.5, 0.6) is 0 Å². The molecule has 0 radical (unpaired) electrons. The summed E-state index contributed by atoms with van der Waals surface area (Å²) in [5, 5.41) is 1.92. The SMILES string of the molecule is CCN1CCN(S(=O)(=O)/C=C/c2ccc(Cl)cc2)CC1. The zero-order valence-corrected chi connectivity index (χ0v) is 13.1. The molecule has 1 saturated heterocycles. The van der Waals surface area contributed by atoms with Crippen LogP contribution < -0.4 is 0 Å². The van der Waals surface area contributed by atoms with Crippen LogP contribution in [-0.4, -0.2) is 50.3 Å². The van der Waals surface area contributed by atoms with E-state index in [1.807, 2.05) is 0 Å². The molecule has 4 nitrogen and oxygen atoms in total. The Balaban J connectivity index is 2.02. The molecule has 1 aliphatic heterocycles. The minimum atomic E-state index is -3.33. The molecule has 0 spiro atoms. The predicted molar refractivity (Wildman–Crippen MR) is 83.1 cm³/mol. The summed E-state index contributed by atoms with van der Waals surface area (Å²) in [6.07, 6.45) is 1.61. The Morgan fingerprint density at radius 3 is 2.30 bits per heavy atom. The molecule has 110 valence electrons. The fourth-order valence-electron chi connectivity index (χ4n) is 2.12. The van der Waals surface area contributed by atoms with Gasteiger partial charge in [0.25, 0.3) is 0 Å². The lowest BCUT2D eigenvalue weighted by Crippen LogP contribution is -2.47. The molecule has 0 bridgehead atoms. The second kappa shape index (κ2) is 6.72. The van der Waals surface area contributed by atoms with Crippen molar-refractivity contribution in [3.63, 3.8) is 0 Å². The van der Waals surface area contributed by atoms with E-state index in [0.717, 1.165) is 25.2 Å². The Hall–Kier alpha value is -0.880. The molecule has 1 aromatic rings. The van der Waals surface area contributed by atoms with Crippen LogP contribution in [0.25, 0.3) is 6.08 Å². The van der Waals surface area contributed by atoms with Gasteiger partial charge in [0, 0.05) is 36.6 Å². The van der Waals surface area contributed by atoms with E-state index in [0.29, 0.717) is 18.1 Å². The summed E-state index contributed by atoms with van der Waals surface area (Å²) in [6.45, 7) is 5.76. The number of rotatable bonds is 4. The third kappa shape index (κ3) is 4.06. The van der Waals surface area contributed by atoms with Gasteiger partial charge in [-0.05, 0) is 30.3 Å². The van der Waals surface area contributed by atoms with E-state index in [9.17, 15) is 8.42 Å². The molecular formula is C14H19ClN2O2S. The van der Waals surface area contributed by atoms with Crippen molar-refractivity contribution in [2.45, 2.75) is 6.92 Å². The first-order valence-electron chi connectivity index (χ1n) is 6.67. The summed E-state index contributed by atoms with van der Waals surface area (Å²) in [7, 11) is -3.33. The van der Waals surface area contributed by atoms with Crippen LogP contribution in [0.4, 0.5) is 0 Å². The van der Waals surface area contributed by atoms with Crippen molar-refractivity contribution in [1.82, 2.24) is 9.21 Å². The molecule has 1 heterocycles. The Morgan fingerprint density at radius 2 is 1.75 bits per heavy atom. The standard InChI is InChI=1S/C14H19ClN2O2S/c1-2-16-8-10-17(11-9-16)20(18,19)12-7-13-3-5-14(15)6-4-13/h3-7,12H,2,8-11H2,1H3/b12-7+. The van der Waals surface area contributed by atoms with Gasteiger partial charge in [-0.2, -0.15) is 4.31 Å². The van der Waals surface area contributed by atoms with Crippen molar-refractivity contribution in [3.8, 4) is 0 Å². The second-order valence-electron chi connectivity index (χ2n) is 4.73. The first-order valence-corrected chi connectivity index (χ1v) is 8.55. The van der Waals surface area contributed by atoms with Crippen molar-refractivity contribution in [1.29, 1.82) is 0 Å². The number of piperazine rings is 1. The van der Waals surface area contributed by atoms with E-state index in [4.69, 9.17) is 11.6 Å². The zero-order chi connectivity index (χ0) is 14.6. The van der Waals surface area contributed by atoms with Gasteiger partial charge in [-0.1, -0.05) is 30.7 Å². The summed E-state index contributed by atoms with van der Waals surface area (Å²) in [5.41, 5.74) is 0.824. The summed E-state index contributed by atoms with van der Waals surface area (Å²) < 4.78 is 26.0. The topological polar surface area (TPSA) is 40.6 Å². The van der Waals surface area contributed by atoms with Gasteiger partial charge in [-0.3, -0.25) is 0 Å². The quantitative estimate of drug-likeness (QED) is 0.856. The first kappa shape index (κ1) is 15.5. The van der Waals surface area contributed by atoms with Crippen LogP contribution in [-0.2, 0) is 10.0 Å². The van der Waals surface area contributed by atoms with Crippen molar-refractivity contribution < 1.29 is 8.42 Å². The fourth-order valence-corrected chi connectivity index (χ4v) is 3.42. The average molecular weight is 315 g/mol. The maximum atomic E-state index is 12.2. The maximum absolute atomic E-state index is 12.2. The maximum Gasteiger partial charge on any atom is 0.236 e. The molecule has 2 rings (SSSR count). The third-order valence-corrected chi connectivity index (χ3v) is 5.26. The summed E-state index contributed by atoms with van der Waals surface area (Å²) >= 11 is 5.80. The molecule has 1 fully saturated rings. The summed E-state index contributed by atoms with van der Waals surface area (Å²) in [4.78, 5) is 2.24. The van der Waals surface area contributed by atoms with Gasteiger partial charge in [-0.25, -0.2) is 8.42 Å². The van der Waals surface area contributed by atoms with Crippen molar-refractivity contribution in [2.24, 2.45) is 0 Å². The van der Waals surface area contributed by atoms with Gasteiger partial charge in [-0.15, -0.1) is 0 Å². The number of hydrogen-bond acceptors (Lipinski definition) is 3. The van der Waals surface area contributed by atoms with Gasteiger partial charge in [0.05, 0.1) is 0 Å². The molecule has 0 aromatic heterocycles.